The summed E-state index contributed by atoms with van der Waals surface area (Å²) in [5, 5.41) is 5.44. The van der Waals surface area contributed by atoms with Crippen LogP contribution >= 0.6 is 11.3 Å². The van der Waals surface area contributed by atoms with E-state index in [-0.39, 0.29) is 18.1 Å². The third kappa shape index (κ3) is 3.34. The second-order valence-corrected chi connectivity index (χ2v) is 8.77. The van der Waals surface area contributed by atoms with Gasteiger partial charge in [0, 0.05) is 23.5 Å². The zero-order valence-corrected chi connectivity index (χ0v) is 18.3. The number of fused-ring (bicyclic) bond motifs is 3. The molecular weight excluding hydrogens is 414 g/mol. The number of morpholine rings is 1. The molecule has 1 fully saturated rings. The number of amides is 1. The van der Waals surface area contributed by atoms with Gasteiger partial charge in [-0.15, -0.1) is 16.4 Å². The first-order valence-corrected chi connectivity index (χ1v) is 11.2. The number of aryl methyl sites for hydroxylation is 2. The van der Waals surface area contributed by atoms with Crippen LogP contribution in [0.4, 0.5) is 0 Å². The molecule has 9 heteroatoms. The van der Waals surface area contributed by atoms with Gasteiger partial charge in [0.15, 0.2) is 11.5 Å². The lowest BCUT2D eigenvalue weighted by Crippen LogP contribution is -2.44. The molecule has 31 heavy (non-hydrogen) atoms. The summed E-state index contributed by atoms with van der Waals surface area (Å²) in [5.41, 5.74) is 2.20. The summed E-state index contributed by atoms with van der Waals surface area (Å²) in [7, 11) is 0. The summed E-state index contributed by atoms with van der Waals surface area (Å²) in [6, 6.07) is 9.61. The molecule has 0 aliphatic carbocycles. The summed E-state index contributed by atoms with van der Waals surface area (Å²) >= 11 is 1.54. The monoisotopic (exact) mass is 437 g/mol. The van der Waals surface area contributed by atoms with Crippen molar-refractivity contribution < 1.29 is 9.53 Å². The van der Waals surface area contributed by atoms with Crippen LogP contribution in [0.3, 0.4) is 0 Å². The number of carbonyl (C=O) groups excluding carboxylic acids is 1. The molecule has 0 radical (unpaired) electrons. The van der Waals surface area contributed by atoms with Crippen molar-refractivity contribution in [3.05, 3.63) is 51.3 Å². The van der Waals surface area contributed by atoms with Crippen LogP contribution in [-0.2, 0) is 22.5 Å². The smallest absolute Gasteiger partial charge is 0.352 e. The van der Waals surface area contributed by atoms with E-state index in [0.29, 0.717) is 37.8 Å². The zero-order valence-electron chi connectivity index (χ0n) is 17.5. The van der Waals surface area contributed by atoms with Gasteiger partial charge in [0.25, 0.3) is 0 Å². The predicted molar refractivity (Wildman–Crippen MR) is 120 cm³/mol. The number of rotatable bonds is 4. The van der Waals surface area contributed by atoms with Crippen molar-refractivity contribution in [2.24, 2.45) is 0 Å². The summed E-state index contributed by atoms with van der Waals surface area (Å²) in [6.45, 7) is 6.26. The second kappa shape index (κ2) is 7.90. The molecule has 0 unspecified atom stereocenters. The molecule has 1 aliphatic rings. The standard InChI is InChI=1S/C22H23N5O3S/c1-3-16-14(2)31-21-18(16)20-23-19(15-7-5-4-6-8-15)24-27(20)22(29)26(21)13-17(28)25-9-11-30-12-10-25/h4-8H,3,9-13H2,1-2H3. The van der Waals surface area contributed by atoms with Gasteiger partial charge in [0.05, 0.1) is 18.6 Å². The number of benzene rings is 1. The van der Waals surface area contributed by atoms with Crippen LogP contribution in [-0.4, -0.2) is 56.3 Å². The quantitative estimate of drug-likeness (QED) is 0.490. The number of hydrogen-bond donors (Lipinski definition) is 0. The summed E-state index contributed by atoms with van der Waals surface area (Å²) in [6.07, 6.45) is 0.810. The predicted octanol–water partition coefficient (Wildman–Crippen LogP) is 2.50. The van der Waals surface area contributed by atoms with E-state index in [2.05, 4.69) is 12.0 Å². The lowest BCUT2D eigenvalue weighted by molar-refractivity contribution is -0.135. The van der Waals surface area contributed by atoms with E-state index in [9.17, 15) is 9.59 Å². The number of carbonyl (C=O) groups is 1. The summed E-state index contributed by atoms with van der Waals surface area (Å²) in [4.78, 5) is 34.8. The first-order valence-electron chi connectivity index (χ1n) is 10.4. The molecular formula is C22H23N5O3S. The fourth-order valence-corrected chi connectivity index (χ4v) is 5.34. The van der Waals surface area contributed by atoms with E-state index in [1.54, 1.807) is 9.47 Å². The van der Waals surface area contributed by atoms with Gasteiger partial charge < -0.3 is 9.64 Å². The van der Waals surface area contributed by atoms with E-state index in [0.717, 1.165) is 32.6 Å². The van der Waals surface area contributed by atoms with Gasteiger partial charge in [-0.3, -0.25) is 9.36 Å². The molecule has 5 rings (SSSR count). The molecule has 8 nitrogen and oxygen atoms in total. The second-order valence-electron chi connectivity index (χ2n) is 7.57. The largest absolute Gasteiger partial charge is 0.378 e. The van der Waals surface area contributed by atoms with Gasteiger partial charge in [-0.25, -0.2) is 9.78 Å². The fraction of sp³-hybridized carbons (Fsp3) is 0.364. The number of aromatic nitrogens is 4. The van der Waals surface area contributed by atoms with Crippen molar-refractivity contribution >= 4 is 33.1 Å². The van der Waals surface area contributed by atoms with E-state index in [4.69, 9.17) is 9.72 Å². The van der Waals surface area contributed by atoms with Gasteiger partial charge in [-0.05, 0) is 18.9 Å². The van der Waals surface area contributed by atoms with Crippen molar-refractivity contribution in [2.75, 3.05) is 26.3 Å². The highest BCUT2D eigenvalue weighted by Crippen LogP contribution is 2.33. The van der Waals surface area contributed by atoms with Crippen LogP contribution in [0.1, 0.15) is 17.4 Å². The summed E-state index contributed by atoms with van der Waals surface area (Å²) in [5.74, 6) is 0.417. The van der Waals surface area contributed by atoms with E-state index < -0.39 is 0 Å². The van der Waals surface area contributed by atoms with Gasteiger partial charge in [0.1, 0.15) is 11.4 Å². The zero-order chi connectivity index (χ0) is 21.5. The molecule has 0 N–H and O–H groups in total. The Hall–Kier alpha value is -3.04. The first kappa shape index (κ1) is 19.9. The Labute approximate surface area is 182 Å². The molecule has 160 valence electrons. The molecule has 4 heterocycles. The Bertz CT molecular complexity index is 1330. The Balaban J connectivity index is 1.72. The SMILES string of the molecule is CCc1c(C)sc2c1c1nc(-c3ccccc3)nn1c(=O)n2CC(=O)N1CCOCC1. The molecule has 1 saturated heterocycles. The Morgan fingerprint density at radius 1 is 1.19 bits per heavy atom. The number of hydrogen-bond acceptors (Lipinski definition) is 6. The minimum Gasteiger partial charge on any atom is -0.378 e. The first-order chi connectivity index (χ1) is 15.1. The minimum absolute atomic E-state index is 0.0189. The third-order valence-corrected chi connectivity index (χ3v) is 6.89. The van der Waals surface area contributed by atoms with Crippen LogP contribution in [0.25, 0.3) is 27.3 Å². The molecule has 0 saturated carbocycles. The van der Waals surface area contributed by atoms with Crippen molar-refractivity contribution in [2.45, 2.75) is 26.8 Å². The molecule has 1 amide bonds. The molecule has 0 atom stereocenters. The summed E-state index contributed by atoms with van der Waals surface area (Å²) < 4.78 is 8.25. The van der Waals surface area contributed by atoms with Crippen LogP contribution in [0, 0.1) is 6.92 Å². The number of nitrogens with zero attached hydrogens (tertiary/aromatic N) is 5. The Morgan fingerprint density at radius 3 is 2.65 bits per heavy atom. The van der Waals surface area contributed by atoms with Crippen LogP contribution in [0.2, 0.25) is 0 Å². The van der Waals surface area contributed by atoms with Crippen LogP contribution in [0.15, 0.2) is 35.1 Å². The molecule has 3 aromatic heterocycles. The normalized spacial score (nSPS) is 14.6. The van der Waals surface area contributed by atoms with E-state index in [1.165, 1.54) is 15.9 Å². The van der Waals surface area contributed by atoms with Gasteiger partial charge in [-0.2, -0.15) is 4.52 Å². The number of thiophene rings is 1. The third-order valence-electron chi connectivity index (χ3n) is 5.72. The average Bonchev–Trinajstić information content (AvgIpc) is 3.39. The maximum atomic E-state index is 13.4. The Morgan fingerprint density at radius 2 is 1.94 bits per heavy atom. The van der Waals surface area contributed by atoms with Crippen molar-refractivity contribution in [1.29, 1.82) is 0 Å². The highest BCUT2D eigenvalue weighted by atomic mass is 32.1. The van der Waals surface area contributed by atoms with Crippen molar-refractivity contribution in [1.82, 2.24) is 24.1 Å². The number of ether oxygens (including phenoxy) is 1. The molecule has 0 spiro atoms. The van der Waals surface area contributed by atoms with Gasteiger partial charge in [0.2, 0.25) is 5.91 Å². The minimum atomic E-state index is -0.345. The van der Waals surface area contributed by atoms with E-state index in [1.807, 2.05) is 37.3 Å². The van der Waals surface area contributed by atoms with Crippen LogP contribution in [0.5, 0.6) is 0 Å². The lowest BCUT2D eigenvalue weighted by Gasteiger charge is -2.27. The van der Waals surface area contributed by atoms with Gasteiger partial charge >= 0.3 is 5.69 Å². The molecule has 0 bridgehead atoms. The van der Waals surface area contributed by atoms with E-state index >= 15 is 0 Å². The fourth-order valence-electron chi connectivity index (χ4n) is 4.11. The topological polar surface area (TPSA) is 81.7 Å². The average molecular weight is 438 g/mol. The molecule has 4 aromatic rings. The maximum Gasteiger partial charge on any atom is 0.352 e. The van der Waals surface area contributed by atoms with Gasteiger partial charge in [-0.1, -0.05) is 37.3 Å². The van der Waals surface area contributed by atoms with Crippen LogP contribution < -0.4 is 5.69 Å². The highest BCUT2D eigenvalue weighted by Gasteiger charge is 2.24. The lowest BCUT2D eigenvalue weighted by atomic mass is 10.1. The van der Waals surface area contributed by atoms with Crippen molar-refractivity contribution in [3.63, 3.8) is 0 Å². The highest BCUT2D eigenvalue weighted by molar-refractivity contribution is 7.19. The molecule has 1 aliphatic heterocycles. The van der Waals surface area contributed by atoms with Crippen molar-refractivity contribution in [3.8, 4) is 11.4 Å². The molecule has 1 aromatic carbocycles. The Kier molecular flexibility index (Phi) is 5.07. The maximum absolute atomic E-state index is 13.4.